The van der Waals surface area contributed by atoms with E-state index >= 15 is 0 Å². The molecule has 0 aliphatic rings. The van der Waals surface area contributed by atoms with E-state index in [1.165, 1.54) is 22.7 Å². The van der Waals surface area contributed by atoms with Crippen LogP contribution in [0.3, 0.4) is 0 Å². The largest absolute Gasteiger partial charge is 0.399 e. The van der Waals surface area contributed by atoms with E-state index < -0.39 is 0 Å². The predicted molar refractivity (Wildman–Crippen MR) is 91.1 cm³/mol. The smallest absolute Gasteiger partial charge is 0.232 e. The van der Waals surface area contributed by atoms with Gasteiger partial charge in [0.25, 0.3) is 0 Å². The van der Waals surface area contributed by atoms with Crippen molar-refractivity contribution < 1.29 is 4.79 Å². The fourth-order valence-corrected chi connectivity index (χ4v) is 3.42. The highest BCUT2D eigenvalue weighted by Crippen LogP contribution is 2.25. The molecule has 2 heterocycles. The van der Waals surface area contributed by atoms with Crippen LogP contribution in [-0.4, -0.2) is 15.9 Å². The first kappa shape index (κ1) is 14.7. The molecule has 1 amide bonds. The van der Waals surface area contributed by atoms with Gasteiger partial charge in [0.05, 0.1) is 17.8 Å². The highest BCUT2D eigenvalue weighted by Gasteiger charge is 2.10. The zero-order valence-electron chi connectivity index (χ0n) is 11.9. The van der Waals surface area contributed by atoms with Gasteiger partial charge in [-0.05, 0) is 31.2 Å². The lowest BCUT2D eigenvalue weighted by atomic mass is 10.2. The van der Waals surface area contributed by atoms with Gasteiger partial charge in [0, 0.05) is 22.0 Å². The van der Waals surface area contributed by atoms with Gasteiger partial charge in [0.2, 0.25) is 5.91 Å². The summed E-state index contributed by atoms with van der Waals surface area (Å²) in [5, 5.41) is 8.09. The number of nitrogens with two attached hydrogens (primary N) is 1. The molecule has 112 valence electrons. The maximum atomic E-state index is 12.0. The zero-order valence-corrected chi connectivity index (χ0v) is 13.5. The first-order valence-electron chi connectivity index (χ1n) is 6.62. The third-order valence-electron chi connectivity index (χ3n) is 2.92. The fourth-order valence-electron chi connectivity index (χ4n) is 1.89. The summed E-state index contributed by atoms with van der Waals surface area (Å²) in [6.45, 7) is 1.89. The van der Waals surface area contributed by atoms with E-state index in [-0.39, 0.29) is 12.3 Å². The van der Waals surface area contributed by atoms with Gasteiger partial charge in [-0.25, -0.2) is 9.97 Å². The number of amides is 1. The first-order chi connectivity index (χ1) is 10.6. The number of carbonyl (C=O) groups is 1. The number of hydrogen-bond donors (Lipinski definition) is 2. The van der Waals surface area contributed by atoms with Crippen molar-refractivity contribution in [3.63, 3.8) is 0 Å². The molecular weight excluding hydrogens is 316 g/mol. The predicted octanol–water partition coefficient (Wildman–Crippen LogP) is 3.34. The van der Waals surface area contributed by atoms with Gasteiger partial charge in [0.1, 0.15) is 5.01 Å². The van der Waals surface area contributed by atoms with Crippen LogP contribution in [-0.2, 0) is 11.2 Å². The number of nitrogens with zero attached hydrogens (tertiary/aromatic N) is 2. The molecule has 5 nitrogen and oxygen atoms in total. The van der Waals surface area contributed by atoms with Crippen molar-refractivity contribution in [3.8, 4) is 10.6 Å². The number of rotatable bonds is 4. The van der Waals surface area contributed by atoms with Crippen molar-refractivity contribution >= 4 is 39.4 Å². The summed E-state index contributed by atoms with van der Waals surface area (Å²) in [5.41, 5.74) is 9.05. The number of thiazole rings is 2. The van der Waals surface area contributed by atoms with E-state index in [2.05, 4.69) is 15.3 Å². The van der Waals surface area contributed by atoms with E-state index in [1.807, 2.05) is 41.9 Å². The van der Waals surface area contributed by atoms with Crippen molar-refractivity contribution in [3.05, 3.63) is 46.4 Å². The maximum Gasteiger partial charge on any atom is 0.232 e. The van der Waals surface area contributed by atoms with Gasteiger partial charge in [-0.3, -0.25) is 4.79 Å². The fraction of sp³-hybridized carbons (Fsp3) is 0.133. The average Bonchev–Trinajstić information content (AvgIpc) is 3.09. The van der Waals surface area contributed by atoms with Crippen LogP contribution >= 0.6 is 22.7 Å². The summed E-state index contributed by atoms with van der Waals surface area (Å²) < 4.78 is 0. The molecule has 22 heavy (non-hydrogen) atoms. The van der Waals surface area contributed by atoms with Crippen molar-refractivity contribution in [2.75, 3.05) is 11.1 Å². The van der Waals surface area contributed by atoms with Gasteiger partial charge in [-0.15, -0.1) is 22.7 Å². The second-order valence-corrected chi connectivity index (χ2v) is 6.50. The van der Waals surface area contributed by atoms with Crippen LogP contribution in [0.5, 0.6) is 0 Å². The van der Waals surface area contributed by atoms with Crippen LogP contribution in [0.15, 0.2) is 35.0 Å². The molecule has 3 N–H and O–H groups in total. The van der Waals surface area contributed by atoms with E-state index in [0.29, 0.717) is 5.13 Å². The topological polar surface area (TPSA) is 80.9 Å². The molecule has 0 spiro atoms. The lowest BCUT2D eigenvalue weighted by Gasteiger charge is -1.99. The summed E-state index contributed by atoms with van der Waals surface area (Å²) in [6, 6.07) is 7.54. The number of benzene rings is 1. The van der Waals surface area contributed by atoms with E-state index in [4.69, 9.17) is 5.73 Å². The molecule has 3 rings (SSSR count). The molecule has 0 fully saturated rings. The molecule has 0 unspecified atom stereocenters. The third kappa shape index (κ3) is 3.49. The van der Waals surface area contributed by atoms with Gasteiger partial charge in [-0.1, -0.05) is 0 Å². The number of nitrogen functional groups attached to an aromatic ring is 1. The lowest BCUT2D eigenvalue weighted by molar-refractivity contribution is -0.115. The highest BCUT2D eigenvalue weighted by atomic mass is 32.1. The zero-order chi connectivity index (χ0) is 15.5. The van der Waals surface area contributed by atoms with Crippen molar-refractivity contribution in [2.45, 2.75) is 13.3 Å². The Balaban J connectivity index is 1.66. The molecule has 1 aromatic carbocycles. The Morgan fingerprint density at radius 2 is 1.95 bits per heavy atom. The molecule has 0 bridgehead atoms. The third-order valence-corrected chi connectivity index (χ3v) is 4.73. The first-order valence-corrected chi connectivity index (χ1v) is 8.38. The van der Waals surface area contributed by atoms with Gasteiger partial charge >= 0.3 is 0 Å². The Morgan fingerprint density at radius 1 is 1.18 bits per heavy atom. The van der Waals surface area contributed by atoms with Crippen molar-refractivity contribution in [1.82, 2.24) is 9.97 Å². The molecular formula is C15H14N4OS2. The number of nitrogens with one attached hydrogen (secondary N) is 1. The number of hydrogen-bond acceptors (Lipinski definition) is 6. The summed E-state index contributed by atoms with van der Waals surface area (Å²) >= 11 is 2.94. The molecule has 0 aliphatic heterocycles. The quantitative estimate of drug-likeness (QED) is 0.719. The Hall–Kier alpha value is -2.25. The summed E-state index contributed by atoms with van der Waals surface area (Å²) in [7, 11) is 0. The molecule has 0 saturated heterocycles. The Labute approximate surface area is 135 Å². The minimum absolute atomic E-state index is 0.108. The SMILES string of the molecule is Cc1csc(NC(=O)Cc2csc(-c3ccc(N)cc3)n2)n1. The van der Waals surface area contributed by atoms with E-state index in [0.717, 1.165) is 27.6 Å². The van der Waals surface area contributed by atoms with Gasteiger partial charge < -0.3 is 11.1 Å². The van der Waals surface area contributed by atoms with Crippen LogP contribution in [0.25, 0.3) is 10.6 Å². The second kappa shape index (κ2) is 6.25. The van der Waals surface area contributed by atoms with Crippen molar-refractivity contribution in [1.29, 1.82) is 0 Å². The van der Waals surface area contributed by atoms with Crippen LogP contribution in [0.2, 0.25) is 0 Å². The standard InChI is InChI=1S/C15H14N4OS2/c1-9-7-22-15(17-9)19-13(20)6-12-8-21-14(18-12)10-2-4-11(16)5-3-10/h2-5,7-8H,6,16H2,1H3,(H,17,19,20). The van der Waals surface area contributed by atoms with E-state index in [1.54, 1.807) is 0 Å². The van der Waals surface area contributed by atoms with Gasteiger partial charge in [0.15, 0.2) is 5.13 Å². The summed E-state index contributed by atoms with van der Waals surface area (Å²) in [5.74, 6) is -0.108. The lowest BCUT2D eigenvalue weighted by Crippen LogP contribution is -2.14. The molecule has 0 aliphatic carbocycles. The van der Waals surface area contributed by atoms with Crippen LogP contribution in [0.4, 0.5) is 10.8 Å². The van der Waals surface area contributed by atoms with E-state index in [9.17, 15) is 4.79 Å². The van der Waals surface area contributed by atoms with Crippen LogP contribution in [0, 0.1) is 6.92 Å². The summed E-state index contributed by atoms with van der Waals surface area (Å²) in [6.07, 6.45) is 0.240. The number of aryl methyl sites for hydroxylation is 1. The molecule has 2 aromatic heterocycles. The monoisotopic (exact) mass is 330 g/mol. The molecule has 0 saturated carbocycles. The molecule has 0 atom stereocenters. The van der Waals surface area contributed by atoms with Gasteiger partial charge in [-0.2, -0.15) is 0 Å². The number of aromatic nitrogens is 2. The Morgan fingerprint density at radius 3 is 2.64 bits per heavy atom. The van der Waals surface area contributed by atoms with Crippen LogP contribution in [0.1, 0.15) is 11.4 Å². The van der Waals surface area contributed by atoms with Crippen molar-refractivity contribution in [2.24, 2.45) is 0 Å². The minimum Gasteiger partial charge on any atom is -0.399 e. The summed E-state index contributed by atoms with van der Waals surface area (Å²) in [4.78, 5) is 20.7. The highest BCUT2D eigenvalue weighted by molar-refractivity contribution is 7.14. The molecule has 3 aromatic rings. The Kier molecular flexibility index (Phi) is 4.17. The second-order valence-electron chi connectivity index (χ2n) is 4.78. The van der Waals surface area contributed by atoms with Crippen LogP contribution < -0.4 is 11.1 Å². The number of carbonyl (C=O) groups excluding carboxylic acids is 1. The number of anilines is 2. The minimum atomic E-state index is -0.108. The normalized spacial score (nSPS) is 10.6. The molecule has 7 heteroatoms. The molecule has 0 radical (unpaired) electrons. The Bertz CT molecular complexity index is 792. The average molecular weight is 330 g/mol. The maximum absolute atomic E-state index is 12.0.